The molecule has 0 aromatic carbocycles. The van der Waals surface area contributed by atoms with Crippen LogP contribution in [0.3, 0.4) is 0 Å². The summed E-state index contributed by atoms with van der Waals surface area (Å²) in [4.78, 5) is 6.98. The van der Waals surface area contributed by atoms with Crippen molar-refractivity contribution >= 4 is 21.6 Å². The van der Waals surface area contributed by atoms with Crippen LogP contribution in [0, 0.1) is 17.8 Å². The zero-order chi connectivity index (χ0) is 12.1. The number of nitrogens with one attached hydrogen (secondary N) is 1. The lowest BCUT2D eigenvalue weighted by molar-refractivity contribution is -0.0269. The average molecular weight is 308 g/mol. The van der Waals surface area contributed by atoms with Crippen LogP contribution in [0.5, 0.6) is 0 Å². The van der Waals surface area contributed by atoms with Gasteiger partial charge in [0.15, 0.2) is 0 Å². The monoisotopic (exact) mass is 307 g/mol. The van der Waals surface area contributed by atoms with Gasteiger partial charge in [-0.15, -0.1) is 0 Å². The Morgan fingerprint density at radius 3 is 2.56 bits per heavy atom. The molecule has 3 aliphatic heterocycles. The molecule has 1 aromatic rings. The van der Waals surface area contributed by atoms with E-state index < -0.39 is 0 Å². The molecule has 4 heterocycles. The Morgan fingerprint density at radius 1 is 1.17 bits per heavy atom. The lowest BCUT2D eigenvalue weighted by Crippen LogP contribution is -2.62. The molecule has 0 radical (unpaired) electrons. The maximum absolute atomic E-state index is 4.31. The summed E-state index contributed by atoms with van der Waals surface area (Å²) >= 11 is 3.39. The molecule has 18 heavy (non-hydrogen) atoms. The van der Waals surface area contributed by atoms with Crippen LogP contribution in [0.15, 0.2) is 22.9 Å². The first kappa shape index (κ1) is 11.2. The quantitative estimate of drug-likeness (QED) is 0.851. The molecule has 5 rings (SSSR count). The van der Waals surface area contributed by atoms with Crippen molar-refractivity contribution in [3.8, 4) is 0 Å². The van der Waals surface area contributed by atoms with E-state index >= 15 is 0 Å². The van der Waals surface area contributed by atoms with Gasteiger partial charge in [0.25, 0.3) is 0 Å². The van der Waals surface area contributed by atoms with E-state index in [-0.39, 0.29) is 0 Å². The van der Waals surface area contributed by atoms with E-state index in [0.717, 1.165) is 22.4 Å². The van der Waals surface area contributed by atoms with Crippen LogP contribution in [-0.2, 0) is 0 Å². The Kier molecular flexibility index (Phi) is 2.62. The molecule has 4 bridgehead atoms. The van der Waals surface area contributed by atoms with Crippen LogP contribution in [0.1, 0.15) is 12.8 Å². The van der Waals surface area contributed by atoms with Gasteiger partial charge in [-0.05, 0) is 58.7 Å². The number of halogens is 1. The zero-order valence-corrected chi connectivity index (χ0v) is 11.9. The van der Waals surface area contributed by atoms with E-state index in [1.54, 1.807) is 0 Å². The molecule has 0 amide bonds. The van der Waals surface area contributed by atoms with Gasteiger partial charge in [0.2, 0.25) is 0 Å². The van der Waals surface area contributed by atoms with Gasteiger partial charge in [-0.2, -0.15) is 0 Å². The van der Waals surface area contributed by atoms with Gasteiger partial charge in [-0.3, -0.25) is 0 Å². The molecule has 2 atom stereocenters. The first-order chi connectivity index (χ1) is 8.78. The van der Waals surface area contributed by atoms with Crippen molar-refractivity contribution < 1.29 is 0 Å². The van der Waals surface area contributed by atoms with E-state index in [2.05, 4.69) is 37.2 Å². The zero-order valence-electron chi connectivity index (χ0n) is 10.3. The fourth-order valence-corrected chi connectivity index (χ4v) is 4.53. The highest BCUT2D eigenvalue weighted by Crippen LogP contribution is 2.44. The second-order valence-electron chi connectivity index (χ2n) is 6.12. The van der Waals surface area contributed by atoms with Gasteiger partial charge in [0.1, 0.15) is 4.60 Å². The number of hydrogen-bond donors (Lipinski definition) is 1. The largest absolute Gasteiger partial charge is 0.380 e. The molecule has 1 aliphatic carbocycles. The summed E-state index contributed by atoms with van der Waals surface area (Å²) in [5.41, 5.74) is 1.17. The predicted molar refractivity (Wildman–Crippen MR) is 75.5 cm³/mol. The maximum atomic E-state index is 4.31. The summed E-state index contributed by atoms with van der Waals surface area (Å²) < 4.78 is 0.907. The van der Waals surface area contributed by atoms with E-state index in [1.807, 2.05) is 12.3 Å². The smallest absolute Gasteiger partial charge is 0.106 e. The highest BCUT2D eigenvalue weighted by molar-refractivity contribution is 9.10. The molecule has 3 nitrogen and oxygen atoms in total. The second kappa shape index (κ2) is 4.20. The molecule has 4 heteroatoms. The summed E-state index contributed by atoms with van der Waals surface area (Å²) in [6.07, 6.45) is 4.79. The maximum Gasteiger partial charge on any atom is 0.106 e. The average Bonchev–Trinajstić information content (AvgIpc) is 2.35. The Labute approximate surface area is 116 Å². The van der Waals surface area contributed by atoms with Crippen molar-refractivity contribution in [2.24, 2.45) is 17.8 Å². The van der Waals surface area contributed by atoms with E-state index in [1.165, 1.54) is 38.2 Å². The molecule has 0 spiro atoms. The lowest BCUT2D eigenvalue weighted by atomic mass is 9.65. The lowest BCUT2D eigenvalue weighted by Gasteiger charge is -2.56. The predicted octanol–water partition coefficient (Wildman–Crippen LogP) is 2.60. The Morgan fingerprint density at radius 2 is 1.94 bits per heavy atom. The van der Waals surface area contributed by atoms with E-state index in [0.29, 0.717) is 6.04 Å². The summed E-state index contributed by atoms with van der Waals surface area (Å²) in [6, 6.07) is 4.81. The van der Waals surface area contributed by atoms with Gasteiger partial charge < -0.3 is 10.2 Å². The molecule has 4 aliphatic rings. The summed E-state index contributed by atoms with van der Waals surface area (Å²) in [7, 11) is 0. The fourth-order valence-electron chi connectivity index (χ4n) is 4.30. The van der Waals surface area contributed by atoms with Gasteiger partial charge >= 0.3 is 0 Å². The summed E-state index contributed by atoms with van der Waals surface area (Å²) in [5.74, 6) is 2.67. The normalized spacial score (nSPS) is 41.1. The van der Waals surface area contributed by atoms with Crippen LogP contribution in [-0.4, -0.2) is 35.6 Å². The minimum Gasteiger partial charge on any atom is -0.380 e. The van der Waals surface area contributed by atoms with Crippen molar-refractivity contribution in [3.05, 3.63) is 22.9 Å². The van der Waals surface area contributed by atoms with Crippen LogP contribution in [0.4, 0.5) is 5.69 Å². The van der Waals surface area contributed by atoms with E-state index in [4.69, 9.17) is 0 Å². The Balaban J connectivity index is 1.53. The number of piperidine rings is 3. The molecule has 1 saturated carbocycles. The van der Waals surface area contributed by atoms with E-state index in [9.17, 15) is 0 Å². The third-order valence-electron chi connectivity index (χ3n) is 4.85. The molecule has 96 valence electrons. The Bertz CT molecular complexity index is 417. The van der Waals surface area contributed by atoms with Crippen molar-refractivity contribution in [2.75, 3.05) is 25.0 Å². The van der Waals surface area contributed by atoms with Crippen LogP contribution >= 0.6 is 15.9 Å². The van der Waals surface area contributed by atoms with Gasteiger partial charge in [-0.1, -0.05) is 0 Å². The minimum absolute atomic E-state index is 0.667. The number of hydrogen-bond acceptors (Lipinski definition) is 3. The van der Waals surface area contributed by atoms with Crippen molar-refractivity contribution in [3.63, 3.8) is 0 Å². The third-order valence-corrected chi connectivity index (χ3v) is 5.32. The molecule has 3 saturated heterocycles. The number of rotatable bonds is 2. The molecular formula is C14H18BrN3. The van der Waals surface area contributed by atoms with Gasteiger partial charge in [0, 0.05) is 25.7 Å². The van der Waals surface area contributed by atoms with Crippen molar-refractivity contribution in [2.45, 2.75) is 18.9 Å². The molecule has 1 aromatic heterocycles. The molecule has 4 fully saturated rings. The van der Waals surface area contributed by atoms with Gasteiger partial charge in [0.05, 0.1) is 11.9 Å². The number of aromatic nitrogens is 1. The number of nitrogens with zero attached hydrogens (tertiary/aromatic N) is 2. The van der Waals surface area contributed by atoms with Gasteiger partial charge in [-0.25, -0.2) is 4.98 Å². The van der Waals surface area contributed by atoms with Crippen LogP contribution in [0.2, 0.25) is 0 Å². The third kappa shape index (κ3) is 1.86. The highest BCUT2D eigenvalue weighted by atomic mass is 79.9. The molecular weight excluding hydrogens is 290 g/mol. The van der Waals surface area contributed by atoms with Crippen LogP contribution in [0.25, 0.3) is 0 Å². The van der Waals surface area contributed by atoms with Crippen LogP contribution < -0.4 is 5.32 Å². The van der Waals surface area contributed by atoms with Crippen molar-refractivity contribution in [1.29, 1.82) is 0 Å². The Hall–Kier alpha value is -0.610. The van der Waals surface area contributed by atoms with Crippen molar-refractivity contribution in [1.82, 2.24) is 9.88 Å². The highest BCUT2D eigenvalue weighted by Gasteiger charge is 2.47. The number of anilines is 1. The standard InChI is InChI=1S/C14H18BrN3/c15-13-2-1-12(5-16-13)17-14-10-3-9-4-11(14)8-18(6-9)7-10/h1-2,5,9-11,14,17H,3-4,6-8H2. The summed E-state index contributed by atoms with van der Waals surface area (Å²) in [5, 5.41) is 3.74. The first-order valence-electron chi connectivity index (χ1n) is 6.88. The fraction of sp³-hybridized carbons (Fsp3) is 0.643. The minimum atomic E-state index is 0.667. The first-order valence-corrected chi connectivity index (χ1v) is 7.67. The summed E-state index contributed by atoms with van der Waals surface area (Å²) in [6.45, 7) is 3.96. The SMILES string of the molecule is Brc1ccc(NC2C3CC4CC2CN(C4)C3)cn1. The molecule has 1 N–H and O–H groups in total. The number of pyridine rings is 1. The topological polar surface area (TPSA) is 28.2 Å². The molecule has 2 unspecified atom stereocenters. The second-order valence-corrected chi connectivity index (χ2v) is 6.93.